The standard InChI is InChI=1S/C24H24N6O2/c1-16(17-7-11-20(12-8-17)32-14-23(31)28-19-9-10-19)27-22-13-21(18-5-3-2-4-6-18)29-24-25-15-26-30(22)24/h2-8,11-13,15-16,19,27H,9-10,14H2,1H3,(H,28,31). The van der Waals surface area contributed by atoms with Crippen LogP contribution >= 0.6 is 0 Å². The maximum absolute atomic E-state index is 11.8. The number of hydrogen-bond acceptors (Lipinski definition) is 6. The molecule has 0 aliphatic heterocycles. The van der Waals surface area contributed by atoms with Crippen LogP contribution in [0, 0.1) is 0 Å². The minimum Gasteiger partial charge on any atom is -0.484 e. The van der Waals surface area contributed by atoms with Gasteiger partial charge in [0.25, 0.3) is 11.7 Å². The van der Waals surface area contributed by atoms with Crippen LogP contribution in [0.3, 0.4) is 0 Å². The number of rotatable bonds is 8. The quantitative estimate of drug-likeness (QED) is 0.445. The average molecular weight is 428 g/mol. The number of carbonyl (C=O) groups is 1. The molecule has 0 saturated heterocycles. The van der Waals surface area contributed by atoms with Gasteiger partial charge in [-0.3, -0.25) is 4.79 Å². The molecule has 0 bridgehead atoms. The second kappa shape index (κ2) is 8.66. The summed E-state index contributed by atoms with van der Waals surface area (Å²) < 4.78 is 7.29. The van der Waals surface area contributed by atoms with Crippen molar-refractivity contribution in [3.63, 3.8) is 0 Å². The number of nitrogens with one attached hydrogen (secondary N) is 2. The van der Waals surface area contributed by atoms with Crippen LogP contribution in [0.2, 0.25) is 0 Å². The predicted octanol–water partition coefficient (Wildman–Crippen LogP) is 3.62. The third kappa shape index (κ3) is 4.54. The third-order valence-corrected chi connectivity index (χ3v) is 5.38. The fourth-order valence-corrected chi connectivity index (χ4v) is 3.48. The molecule has 1 aliphatic rings. The maximum Gasteiger partial charge on any atom is 0.258 e. The molecule has 32 heavy (non-hydrogen) atoms. The highest BCUT2D eigenvalue weighted by Gasteiger charge is 2.23. The molecule has 8 nitrogen and oxygen atoms in total. The summed E-state index contributed by atoms with van der Waals surface area (Å²) in [5, 5.41) is 10.7. The van der Waals surface area contributed by atoms with E-state index in [4.69, 9.17) is 4.74 Å². The van der Waals surface area contributed by atoms with E-state index in [1.54, 1.807) is 4.52 Å². The van der Waals surface area contributed by atoms with Crippen molar-refractivity contribution in [2.24, 2.45) is 0 Å². The van der Waals surface area contributed by atoms with Crippen molar-refractivity contribution in [3.05, 3.63) is 72.6 Å². The summed E-state index contributed by atoms with van der Waals surface area (Å²) in [5.41, 5.74) is 2.92. The number of fused-ring (bicyclic) bond motifs is 1. The van der Waals surface area contributed by atoms with Gasteiger partial charge >= 0.3 is 0 Å². The SMILES string of the molecule is CC(Nc1cc(-c2ccccc2)nc2ncnn12)c1ccc(OCC(=O)NC2CC2)cc1. The summed E-state index contributed by atoms with van der Waals surface area (Å²) in [5.74, 6) is 1.93. The maximum atomic E-state index is 11.8. The van der Waals surface area contributed by atoms with E-state index in [9.17, 15) is 4.79 Å². The number of ether oxygens (including phenoxy) is 1. The predicted molar refractivity (Wildman–Crippen MR) is 121 cm³/mol. The lowest BCUT2D eigenvalue weighted by molar-refractivity contribution is -0.123. The number of amides is 1. The average Bonchev–Trinajstić information content (AvgIpc) is 3.50. The zero-order valence-electron chi connectivity index (χ0n) is 17.7. The van der Waals surface area contributed by atoms with Gasteiger partial charge in [-0.15, -0.1) is 0 Å². The van der Waals surface area contributed by atoms with Gasteiger partial charge in [-0.25, -0.2) is 4.98 Å². The highest BCUT2D eigenvalue weighted by Crippen LogP contribution is 2.25. The Hall–Kier alpha value is -3.94. The van der Waals surface area contributed by atoms with E-state index in [-0.39, 0.29) is 18.6 Å². The van der Waals surface area contributed by atoms with Crippen LogP contribution < -0.4 is 15.4 Å². The van der Waals surface area contributed by atoms with Gasteiger partial charge in [0, 0.05) is 23.7 Å². The van der Waals surface area contributed by atoms with E-state index in [1.807, 2.05) is 60.7 Å². The van der Waals surface area contributed by atoms with E-state index in [0.29, 0.717) is 17.6 Å². The van der Waals surface area contributed by atoms with Crippen LogP contribution in [0.4, 0.5) is 5.82 Å². The first-order valence-electron chi connectivity index (χ1n) is 10.7. The topological polar surface area (TPSA) is 93.4 Å². The summed E-state index contributed by atoms with van der Waals surface area (Å²) >= 11 is 0. The molecule has 1 aliphatic carbocycles. The Bertz CT molecular complexity index is 1220. The third-order valence-electron chi connectivity index (χ3n) is 5.38. The lowest BCUT2D eigenvalue weighted by Crippen LogP contribution is -2.30. The zero-order valence-corrected chi connectivity index (χ0v) is 17.7. The zero-order chi connectivity index (χ0) is 21.9. The Morgan fingerprint density at radius 3 is 2.69 bits per heavy atom. The number of nitrogens with zero attached hydrogens (tertiary/aromatic N) is 4. The second-order valence-electron chi connectivity index (χ2n) is 7.93. The Balaban J connectivity index is 1.29. The Morgan fingerprint density at radius 2 is 1.94 bits per heavy atom. The molecule has 2 heterocycles. The normalized spacial score (nSPS) is 14.2. The summed E-state index contributed by atoms with van der Waals surface area (Å²) in [7, 11) is 0. The van der Waals surface area contributed by atoms with Gasteiger partial charge < -0.3 is 15.4 Å². The van der Waals surface area contributed by atoms with E-state index in [1.165, 1.54) is 6.33 Å². The van der Waals surface area contributed by atoms with Crippen molar-refractivity contribution >= 4 is 17.5 Å². The van der Waals surface area contributed by atoms with Crippen LogP contribution in [0.5, 0.6) is 5.75 Å². The Labute approximate surface area is 185 Å². The van der Waals surface area contributed by atoms with E-state index < -0.39 is 0 Å². The molecule has 1 fully saturated rings. The van der Waals surface area contributed by atoms with Crippen LogP contribution in [-0.4, -0.2) is 38.1 Å². The molecule has 0 spiro atoms. The van der Waals surface area contributed by atoms with Crippen LogP contribution in [0.25, 0.3) is 17.0 Å². The van der Waals surface area contributed by atoms with Crippen molar-refractivity contribution in [1.82, 2.24) is 24.9 Å². The molecule has 1 unspecified atom stereocenters. The Kier molecular flexibility index (Phi) is 5.41. The van der Waals surface area contributed by atoms with Gasteiger partial charge in [0.1, 0.15) is 17.9 Å². The van der Waals surface area contributed by atoms with Crippen molar-refractivity contribution < 1.29 is 9.53 Å². The van der Waals surface area contributed by atoms with Gasteiger partial charge in [0.15, 0.2) is 6.61 Å². The van der Waals surface area contributed by atoms with E-state index >= 15 is 0 Å². The molecule has 162 valence electrons. The molecule has 1 atom stereocenters. The summed E-state index contributed by atoms with van der Waals surface area (Å²) in [6.45, 7) is 2.11. The van der Waals surface area contributed by atoms with Crippen molar-refractivity contribution in [1.29, 1.82) is 0 Å². The first kappa shape index (κ1) is 20.0. The van der Waals surface area contributed by atoms with Crippen LogP contribution in [-0.2, 0) is 4.79 Å². The van der Waals surface area contributed by atoms with Crippen LogP contribution in [0.1, 0.15) is 31.4 Å². The molecular formula is C24H24N6O2. The second-order valence-corrected chi connectivity index (χ2v) is 7.93. The van der Waals surface area contributed by atoms with Gasteiger partial charge in [-0.1, -0.05) is 42.5 Å². The van der Waals surface area contributed by atoms with Crippen LogP contribution in [0.15, 0.2) is 67.0 Å². The van der Waals surface area contributed by atoms with E-state index in [2.05, 4.69) is 32.6 Å². The lowest BCUT2D eigenvalue weighted by Gasteiger charge is -2.17. The molecule has 2 N–H and O–H groups in total. The molecular weight excluding hydrogens is 404 g/mol. The monoisotopic (exact) mass is 428 g/mol. The van der Waals surface area contributed by atoms with Crippen molar-refractivity contribution in [2.45, 2.75) is 31.8 Å². The number of carbonyl (C=O) groups excluding carboxylic acids is 1. The minimum atomic E-state index is -0.0737. The first-order chi connectivity index (χ1) is 15.7. The Morgan fingerprint density at radius 1 is 1.16 bits per heavy atom. The minimum absolute atomic E-state index is 0.000591. The fraction of sp³-hybridized carbons (Fsp3) is 0.250. The summed E-state index contributed by atoms with van der Waals surface area (Å²) in [6, 6.07) is 20.0. The van der Waals surface area contributed by atoms with Gasteiger partial charge in [-0.05, 0) is 37.5 Å². The molecule has 0 radical (unpaired) electrons. The molecule has 2 aromatic carbocycles. The summed E-state index contributed by atoms with van der Waals surface area (Å²) in [4.78, 5) is 20.7. The number of aromatic nitrogens is 4. The summed E-state index contributed by atoms with van der Waals surface area (Å²) in [6.07, 6.45) is 3.63. The molecule has 2 aromatic heterocycles. The molecule has 1 amide bonds. The van der Waals surface area contributed by atoms with E-state index in [0.717, 1.165) is 35.5 Å². The van der Waals surface area contributed by atoms with Gasteiger partial charge in [0.2, 0.25) is 0 Å². The highest BCUT2D eigenvalue weighted by atomic mass is 16.5. The number of benzene rings is 2. The fourth-order valence-electron chi connectivity index (χ4n) is 3.48. The van der Waals surface area contributed by atoms with Gasteiger partial charge in [0.05, 0.1) is 5.69 Å². The smallest absolute Gasteiger partial charge is 0.258 e. The molecule has 8 heteroatoms. The largest absolute Gasteiger partial charge is 0.484 e. The number of anilines is 1. The van der Waals surface area contributed by atoms with Crippen molar-refractivity contribution in [2.75, 3.05) is 11.9 Å². The molecule has 1 saturated carbocycles. The lowest BCUT2D eigenvalue weighted by atomic mass is 10.1. The van der Waals surface area contributed by atoms with Gasteiger partial charge in [-0.2, -0.15) is 14.6 Å². The molecule has 5 rings (SSSR count). The first-order valence-corrected chi connectivity index (χ1v) is 10.7. The van der Waals surface area contributed by atoms with Crippen molar-refractivity contribution in [3.8, 4) is 17.0 Å². The number of hydrogen-bond donors (Lipinski definition) is 2. The highest BCUT2D eigenvalue weighted by molar-refractivity contribution is 5.78. The molecule has 4 aromatic rings.